The van der Waals surface area contributed by atoms with Crippen LogP contribution in [0.5, 0.6) is 5.75 Å². The maximum absolute atomic E-state index is 12.7. The van der Waals surface area contributed by atoms with Gasteiger partial charge in [0.1, 0.15) is 5.75 Å². The van der Waals surface area contributed by atoms with Gasteiger partial charge in [-0.3, -0.25) is 14.4 Å². The molecule has 0 bridgehead atoms. The molecule has 0 aliphatic carbocycles. The first-order chi connectivity index (χ1) is 13.6. The van der Waals surface area contributed by atoms with Crippen molar-refractivity contribution < 1.29 is 23.9 Å². The van der Waals surface area contributed by atoms with Gasteiger partial charge < -0.3 is 19.7 Å². The summed E-state index contributed by atoms with van der Waals surface area (Å²) in [5, 5.41) is 2.68. The molecule has 0 spiro atoms. The number of hydrogen-bond donors (Lipinski definition) is 1. The molecule has 0 radical (unpaired) electrons. The van der Waals surface area contributed by atoms with Crippen LogP contribution in [0.25, 0.3) is 0 Å². The van der Waals surface area contributed by atoms with Crippen molar-refractivity contribution >= 4 is 23.3 Å². The summed E-state index contributed by atoms with van der Waals surface area (Å²) < 4.78 is 10.9. The molecule has 7 nitrogen and oxygen atoms in total. The monoisotopic (exact) mass is 382 g/mol. The fourth-order valence-electron chi connectivity index (χ4n) is 2.93. The first-order valence-electron chi connectivity index (χ1n) is 9.05. The van der Waals surface area contributed by atoms with E-state index in [0.29, 0.717) is 48.9 Å². The smallest absolute Gasteiger partial charge is 0.262 e. The van der Waals surface area contributed by atoms with Crippen molar-refractivity contribution in [3.05, 3.63) is 59.7 Å². The molecule has 0 saturated carbocycles. The van der Waals surface area contributed by atoms with Gasteiger partial charge in [0.25, 0.3) is 11.8 Å². The normalized spacial score (nSPS) is 13.7. The predicted octanol–water partition coefficient (Wildman–Crippen LogP) is 2.38. The highest BCUT2D eigenvalue weighted by molar-refractivity contribution is 6.04. The van der Waals surface area contributed by atoms with E-state index in [2.05, 4.69) is 5.32 Å². The summed E-state index contributed by atoms with van der Waals surface area (Å²) in [4.78, 5) is 38.4. The zero-order valence-corrected chi connectivity index (χ0v) is 15.6. The minimum Gasteiger partial charge on any atom is -0.483 e. The SMILES string of the molecule is CC(=O)c1ccccc1NC(=O)COc1ccccc1C(=O)N1CCOCC1. The van der Waals surface area contributed by atoms with Crippen LogP contribution in [-0.4, -0.2) is 55.4 Å². The first-order valence-corrected chi connectivity index (χ1v) is 9.05. The second kappa shape index (κ2) is 9.14. The number of morpholine rings is 1. The summed E-state index contributed by atoms with van der Waals surface area (Å²) in [5.74, 6) is -0.365. The Morgan fingerprint density at radius 1 is 1.00 bits per heavy atom. The second-order valence-corrected chi connectivity index (χ2v) is 6.34. The Balaban J connectivity index is 1.66. The van der Waals surface area contributed by atoms with Gasteiger partial charge in [0.05, 0.1) is 24.5 Å². The van der Waals surface area contributed by atoms with Crippen LogP contribution in [0.1, 0.15) is 27.6 Å². The molecule has 1 N–H and O–H groups in total. The highest BCUT2D eigenvalue weighted by atomic mass is 16.5. The number of amides is 2. The lowest BCUT2D eigenvalue weighted by molar-refractivity contribution is -0.118. The van der Waals surface area contributed by atoms with Crippen LogP contribution < -0.4 is 10.1 Å². The first kappa shape index (κ1) is 19.6. The van der Waals surface area contributed by atoms with Crippen LogP contribution in [0.15, 0.2) is 48.5 Å². The molecule has 7 heteroatoms. The van der Waals surface area contributed by atoms with Crippen LogP contribution in [-0.2, 0) is 9.53 Å². The lowest BCUT2D eigenvalue weighted by Gasteiger charge is -2.27. The summed E-state index contributed by atoms with van der Waals surface area (Å²) >= 11 is 0. The van der Waals surface area contributed by atoms with E-state index in [4.69, 9.17) is 9.47 Å². The van der Waals surface area contributed by atoms with E-state index in [1.54, 1.807) is 53.4 Å². The number of nitrogens with one attached hydrogen (secondary N) is 1. The van der Waals surface area contributed by atoms with E-state index >= 15 is 0 Å². The number of Topliss-reactive ketones (excluding diaryl/α,β-unsaturated/α-hetero) is 1. The predicted molar refractivity (Wildman–Crippen MR) is 104 cm³/mol. The van der Waals surface area contributed by atoms with E-state index in [1.807, 2.05) is 0 Å². The summed E-state index contributed by atoms with van der Waals surface area (Å²) in [6.07, 6.45) is 0. The molecule has 1 heterocycles. The van der Waals surface area contributed by atoms with Crippen molar-refractivity contribution in [1.29, 1.82) is 0 Å². The average Bonchev–Trinajstić information content (AvgIpc) is 2.73. The van der Waals surface area contributed by atoms with Gasteiger partial charge in [0.2, 0.25) is 0 Å². The molecule has 2 aromatic rings. The summed E-state index contributed by atoms with van der Waals surface area (Å²) in [7, 11) is 0. The van der Waals surface area contributed by atoms with E-state index in [-0.39, 0.29) is 18.3 Å². The quantitative estimate of drug-likeness (QED) is 0.776. The Morgan fingerprint density at radius 3 is 2.36 bits per heavy atom. The largest absolute Gasteiger partial charge is 0.483 e. The number of nitrogens with zero attached hydrogens (tertiary/aromatic N) is 1. The molecule has 28 heavy (non-hydrogen) atoms. The molecule has 1 aliphatic heterocycles. The molecule has 2 aromatic carbocycles. The van der Waals surface area contributed by atoms with Crippen LogP contribution in [0.2, 0.25) is 0 Å². The molecule has 0 aromatic heterocycles. The molecule has 0 atom stereocenters. The maximum Gasteiger partial charge on any atom is 0.262 e. The van der Waals surface area contributed by atoms with E-state index < -0.39 is 5.91 Å². The number of anilines is 1. The van der Waals surface area contributed by atoms with Crippen LogP contribution in [0.3, 0.4) is 0 Å². The molecular weight excluding hydrogens is 360 g/mol. The Morgan fingerprint density at radius 2 is 1.64 bits per heavy atom. The summed E-state index contributed by atoms with van der Waals surface area (Å²) in [6.45, 7) is 3.22. The fourth-order valence-corrected chi connectivity index (χ4v) is 2.93. The van der Waals surface area contributed by atoms with E-state index in [9.17, 15) is 14.4 Å². The standard InChI is InChI=1S/C21H22N2O5/c1-15(24)16-6-2-4-8-18(16)22-20(25)14-28-19-9-5-3-7-17(19)21(26)23-10-12-27-13-11-23/h2-9H,10-14H2,1H3,(H,22,25). The van der Waals surface area contributed by atoms with E-state index in [1.165, 1.54) is 6.92 Å². The van der Waals surface area contributed by atoms with Gasteiger partial charge in [-0.25, -0.2) is 0 Å². The molecular formula is C21H22N2O5. The molecule has 1 aliphatic rings. The van der Waals surface area contributed by atoms with Gasteiger partial charge in [-0.1, -0.05) is 24.3 Å². The summed E-state index contributed by atoms with van der Waals surface area (Å²) in [6, 6.07) is 13.6. The molecule has 2 amide bonds. The molecule has 1 saturated heterocycles. The molecule has 3 rings (SSSR count). The maximum atomic E-state index is 12.7. The van der Waals surface area contributed by atoms with Crippen LogP contribution in [0.4, 0.5) is 5.69 Å². The minimum atomic E-state index is -0.415. The average molecular weight is 382 g/mol. The molecule has 1 fully saturated rings. The fraction of sp³-hybridized carbons (Fsp3) is 0.286. The topological polar surface area (TPSA) is 84.9 Å². The van der Waals surface area contributed by atoms with Gasteiger partial charge in [-0.2, -0.15) is 0 Å². The van der Waals surface area contributed by atoms with Crippen molar-refractivity contribution in [3.63, 3.8) is 0 Å². The lowest BCUT2D eigenvalue weighted by Crippen LogP contribution is -2.40. The number of hydrogen-bond acceptors (Lipinski definition) is 5. The van der Waals surface area contributed by atoms with Gasteiger partial charge in [-0.05, 0) is 31.2 Å². The Hall–Kier alpha value is -3.19. The van der Waals surface area contributed by atoms with Gasteiger partial charge in [0, 0.05) is 18.7 Å². The van der Waals surface area contributed by atoms with Crippen molar-refractivity contribution in [3.8, 4) is 5.75 Å². The van der Waals surface area contributed by atoms with Gasteiger partial charge in [-0.15, -0.1) is 0 Å². The lowest BCUT2D eigenvalue weighted by atomic mass is 10.1. The number of rotatable bonds is 6. The van der Waals surface area contributed by atoms with Crippen molar-refractivity contribution in [2.45, 2.75) is 6.92 Å². The van der Waals surface area contributed by atoms with Crippen LogP contribution in [0, 0.1) is 0 Å². The second-order valence-electron chi connectivity index (χ2n) is 6.34. The third-order valence-electron chi connectivity index (χ3n) is 4.35. The number of para-hydroxylation sites is 2. The molecule has 0 unspecified atom stereocenters. The third-order valence-corrected chi connectivity index (χ3v) is 4.35. The van der Waals surface area contributed by atoms with Gasteiger partial charge >= 0.3 is 0 Å². The number of benzene rings is 2. The highest BCUT2D eigenvalue weighted by Gasteiger charge is 2.22. The third kappa shape index (κ3) is 4.75. The number of ether oxygens (including phenoxy) is 2. The van der Waals surface area contributed by atoms with Crippen LogP contribution >= 0.6 is 0 Å². The summed E-state index contributed by atoms with van der Waals surface area (Å²) in [5.41, 5.74) is 1.27. The zero-order valence-electron chi connectivity index (χ0n) is 15.6. The number of ketones is 1. The highest BCUT2D eigenvalue weighted by Crippen LogP contribution is 2.21. The minimum absolute atomic E-state index is 0.140. The number of carbonyl (C=O) groups excluding carboxylic acids is 3. The van der Waals surface area contributed by atoms with Gasteiger partial charge in [0.15, 0.2) is 12.4 Å². The Kier molecular flexibility index (Phi) is 6.39. The molecule has 146 valence electrons. The van der Waals surface area contributed by atoms with Crippen molar-refractivity contribution in [1.82, 2.24) is 4.90 Å². The Bertz CT molecular complexity index is 875. The number of carbonyl (C=O) groups is 3. The van der Waals surface area contributed by atoms with Crippen molar-refractivity contribution in [2.24, 2.45) is 0 Å². The van der Waals surface area contributed by atoms with E-state index in [0.717, 1.165) is 0 Å². The van der Waals surface area contributed by atoms with Crippen molar-refractivity contribution in [2.75, 3.05) is 38.2 Å². The Labute approximate surface area is 163 Å². The zero-order chi connectivity index (χ0) is 19.9.